The Morgan fingerprint density at radius 1 is 0.929 bits per heavy atom. The number of alkyl carbamates (subject to hydrolysis) is 1. The summed E-state index contributed by atoms with van der Waals surface area (Å²) in [6, 6.07) is 25.2. The van der Waals surface area contributed by atoms with Gasteiger partial charge in [0.05, 0.1) is 6.04 Å². The average Bonchev–Trinajstić information content (AvgIpc) is 3.60. The zero-order valence-corrected chi connectivity index (χ0v) is 26.0. The second-order valence-electron chi connectivity index (χ2n) is 12.0. The van der Waals surface area contributed by atoms with Gasteiger partial charge in [0, 0.05) is 16.1 Å². The number of likely N-dealkylation sites (tertiary alicyclic amines) is 1. The number of carbonyl (C=O) groups excluding carboxylic acids is 1. The quantitative estimate of drug-likeness (QED) is 0.193. The molecule has 1 aliphatic rings. The van der Waals surface area contributed by atoms with Crippen LogP contribution in [0.3, 0.4) is 0 Å². The molecule has 0 aliphatic carbocycles. The maximum Gasteiger partial charge on any atom is 0.407 e. The average molecular weight is 587 g/mol. The van der Waals surface area contributed by atoms with E-state index >= 15 is 0 Å². The third-order valence-electron chi connectivity index (χ3n) is 7.26. The van der Waals surface area contributed by atoms with Gasteiger partial charge in [-0.3, -0.25) is 4.90 Å². The fourth-order valence-corrected chi connectivity index (χ4v) is 6.42. The van der Waals surface area contributed by atoms with Gasteiger partial charge in [0.1, 0.15) is 30.3 Å². The Hall–Kier alpha value is -3.55. The SMILES string of the molecule is C[C@H](COc1ccc(-c2sc3ccccc3c2Cc2ccc(OCCN3CCCC3)cc2)cc1)NC(=O)OC(C)(C)C. The summed E-state index contributed by atoms with van der Waals surface area (Å²) < 4.78 is 18.6. The summed E-state index contributed by atoms with van der Waals surface area (Å²) >= 11 is 1.83. The van der Waals surface area contributed by atoms with Crippen molar-refractivity contribution in [2.75, 3.05) is 32.8 Å². The highest BCUT2D eigenvalue weighted by molar-refractivity contribution is 7.22. The highest BCUT2D eigenvalue weighted by Gasteiger charge is 2.18. The largest absolute Gasteiger partial charge is 0.492 e. The van der Waals surface area contributed by atoms with Gasteiger partial charge in [0.15, 0.2) is 0 Å². The van der Waals surface area contributed by atoms with Gasteiger partial charge in [-0.1, -0.05) is 30.3 Å². The first-order valence-corrected chi connectivity index (χ1v) is 15.7. The number of hydrogen-bond acceptors (Lipinski definition) is 6. The van der Waals surface area contributed by atoms with Crippen molar-refractivity contribution in [2.24, 2.45) is 0 Å². The first-order valence-electron chi connectivity index (χ1n) is 14.9. The molecular formula is C35H42N2O4S. The Morgan fingerprint density at radius 2 is 1.60 bits per heavy atom. The monoisotopic (exact) mass is 586 g/mol. The molecule has 1 saturated heterocycles. The number of hydrogen-bond donors (Lipinski definition) is 1. The predicted octanol–water partition coefficient (Wildman–Crippen LogP) is 7.93. The summed E-state index contributed by atoms with van der Waals surface area (Å²) in [7, 11) is 0. The minimum absolute atomic E-state index is 0.185. The van der Waals surface area contributed by atoms with Crippen LogP contribution in [-0.2, 0) is 11.2 Å². The van der Waals surface area contributed by atoms with Crippen molar-refractivity contribution in [3.63, 3.8) is 0 Å². The Kier molecular flexibility index (Phi) is 9.70. The molecule has 0 bridgehead atoms. The lowest BCUT2D eigenvalue weighted by Gasteiger charge is -2.22. The molecule has 0 spiro atoms. The van der Waals surface area contributed by atoms with Gasteiger partial charge in [0.25, 0.3) is 0 Å². The molecule has 1 aromatic heterocycles. The molecule has 1 atom stereocenters. The van der Waals surface area contributed by atoms with Gasteiger partial charge < -0.3 is 19.5 Å². The van der Waals surface area contributed by atoms with Gasteiger partial charge in [0.2, 0.25) is 0 Å². The second kappa shape index (κ2) is 13.6. The summed E-state index contributed by atoms with van der Waals surface area (Å²) in [5.41, 5.74) is 3.23. The van der Waals surface area contributed by atoms with Crippen molar-refractivity contribution in [2.45, 2.75) is 58.6 Å². The fraction of sp³-hybridized carbons (Fsp3) is 0.400. The van der Waals surface area contributed by atoms with Crippen LogP contribution in [0.15, 0.2) is 72.8 Å². The van der Waals surface area contributed by atoms with Crippen molar-refractivity contribution < 1.29 is 19.0 Å². The summed E-state index contributed by atoms with van der Waals surface area (Å²) in [5, 5.41) is 4.12. The lowest BCUT2D eigenvalue weighted by atomic mass is 9.99. The molecule has 222 valence electrons. The molecule has 1 fully saturated rings. The van der Waals surface area contributed by atoms with Crippen LogP contribution < -0.4 is 14.8 Å². The third kappa shape index (κ3) is 8.26. The molecule has 42 heavy (non-hydrogen) atoms. The molecule has 2 heterocycles. The van der Waals surface area contributed by atoms with Crippen LogP contribution in [0.25, 0.3) is 20.5 Å². The number of fused-ring (bicyclic) bond motifs is 1. The summed E-state index contributed by atoms with van der Waals surface area (Å²) in [5.74, 6) is 1.69. The van der Waals surface area contributed by atoms with Crippen molar-refractivity contribution in [1.29, 1.82) is 0 Å². The first kappa shape index (κ1) is 29.9. The Balaban J connectivity index is 1.23. The van der Waals surface area contributed by atoms with Crippen molar-refractivity contribution in [1.82, 2.24) is 10.2 Å². The van der Waals surface area contributed by atoms with E-state index in [4.69, 9.17) is 14.2 Å². The van der Waals surface area contributed by atoms with Crippen LogP contribution in [0, 0.1) is 0 Å². The molecule has 4 aromatic rings. The van der Waals surface area contributed by atoms with Crippen molar-refractivity contribution >= 4 is 27.5 Å². The molecule has 6 nitrogen and oxygen atoms in total. The highest BCUT2D eigenvalue weighted by Crippen LogP contribution is 2.40. The summed E-state index contributed by atoms with van der Waals surface area (Å²) in [4.78, 5) is 15.8. The van der Waals surface area contributed by atoms with E-state index in [2.05, 4.69) is 70.9 Å². The standard InChI is InChI=1S/C35H42N2O4S/c1-25(36-34(38)41-35(2,3)4)24-40-29-17-13-27(14-18-29)33-31(30-9-5-6-10-32(30)42-33)23-26-11-15-28(16-12-26)39-22-21-37-19-7-8-20-37/h5-6,9-18,25H,7-8,19-24H2,1-4H3,(H,36,38)/t25-/m1/s1. The number of rotatable bonds is 11. The highest BCUT2D eigenvalue weighted by atomic mass is 32.1. The van der Waals surface area contributed by atoms with E-state index in [9.17, 15) is 4.79 Å². The fourth-order valence-electron chi connectivity index (χ4n) is 5.19. The number of thiophene rings is 1. The molecule has 0 radical (unpaired) electrons. The zero-order valence-electron chi connectivity index (χ0n) is 25.2. The van der Waals surface area contributed by atoms with E-state index < -0.39 is 11.7 Å². The Morgan fingerprint density at radius 3 is 2.31 bits per heavy atom. The molecule has 0 saturated carbocycles. The number of nitrogens with one attached hydrogen (secondary N) is 1. The van der Waals surface area contributed by atoms with Crippen molar-refractivity contribution in [3.8, 4) is 21.9 Å². The van der Waals surface area contributed by atoms with Crippen LogP contribution in [0.5, 0.6) is 11.5 Å². The molecule has 1 aliphatic heterocycles. The minimum Gasteiger partial charge on any atom is -0.492 e. The van der Waals surface area contributed by atoms with Crippen LogP contribution >= 0.6 is 11.3 Å². The molecule has 1 N–H and O–H groups in total. The summed E-state index contributed by atoms with van der Waals surface area (Å²) in [6.07, 6.45) is 3.02. The Labute approximate surface area is 253 Å². The maximum atomic E-state index is 12.0. The van der Waals surface area contributed by atoms with Gasteiger partial charge in [-0.2, -0.15) is 0 Å². The predicted molar refractivity (Wildman–Crippen MR) is 172 cm³/mol. The van der Waals surface area contributed by atoms with Crippen LogP contribution in [-0.4, -0.2) is 55.5 Å². The molecular weight excluding hydrogens is 544 g/mol. The number of nitrogens with zero attached hydrogens (tertiary/aromatic N) is 1. The van der Waals surface area contributed by atoms with Crippen LogP contribution in [0.1, 0.15) is 51.7 Å². The van der Waals surface area contributed by atoms with E-state index in [1.54, 1.807) is 0 Å². The summed E-state index contributed by atoms with van der Waals surface area (Å²) in [6.45, 7) is 11.9. The lowest BCUT2D eigenvalue weighted by Crippen LogP contribution is -2.40. The van der Waals surface area contributed by atoms with E-state index in [1.807, 2.05) is 51.2 Å². The van der Waals surface area contributed by atoms with E-state index in [1.165, 1.54) is 57.6 Å². The molecule has 3 aromatic carbocycles. The number of benzene rings is 3. The van der Waals surface area contributed by atoms with E-state index in [0.717, 1.165) is 31.1 Å². The van der Waals surface area contributed by atoms with Gasteiger partial charge >= 0.3 is 6.09 Å². The third-order valence-corrected chi connectivity index (χ3v) is 8.52. The first-order chi connectivity index (χ1) is 20.2. The van der Waals surface area contributed by atoms with E-state index in [-0.39, 0.29) is 6.04 Å². The van der Waals surface area contributed by atoms with E-state index in [0.29, 0.717) is 6.61 Å². The molecule has 0 unspecified atom stereocenters. The number of ether oxygens (including phenoxy) is 3. The normalized spacial score (nSPS) is 14.6. The van der Waals surface area contributed by atoms with Crippen LogP contribution in [0.4, 0.5) is 4.79 Å². The number of carbonyl (C=O) groups is 1. The van der Waals surface area contributed by atoms with Crippen molar-refractivity contribution in [3.05, 3.63) is 83.9 Å². The second-order valence-corrected chi connectivity index (χ2v) is 13.1. The van der Waals surface area contributed by atoms with Crippen LogP contribution in [0.2, 0.25) is 0 Å². The smallest absolute Gasteiger partial charge is 0.407 e. The zero-order chi connectivity index (χ0) is 29.5. The van der Waals surface area contributed by atoms with Gasteiger partial charge in [-0.15, -0.1) is 11.3 Å². The van der Waals surface area contributed by atoms with Gasteiger partial charge in [-0.05, 0) is 125 Å². The molecule has 5 rings (SSSR count). The topological polar surface area (TPSA) is 60.0 Å². The number of amides is 1. The van der Waals surface area contributed by atoms with Gasteiger partial charge in [-0.25, -0.2) is 4.79 Å². The Bertz CT molecular complexity index is 1450. The maximum absolute atomic E-state index is 12.0. The lowest BCUT2D eigenvalue weighted by molar-refractivity contribution is 0.0494. The molecule has 7 heteroatoms. The minimum atomic E-state index is -0.531. The molecule has 1 amide bonds.